The van der Waals surface area contributed by atoms with Crippen LogP contribution in [-0.4, -0.2) is 24.7 Å². The number of amides is 1. The Morgan fingerprint density at radius 1 is 1.50 bits per heavy atom. The van der Waals surface area contributed by atoms with Gasteiger partial charge in [0, 0.05) is 22.7 Å². The standard InChI is InChI=1S/C14H18BrNO2/c1-3-18-12-7-11(8-12)16-14(17)10-4-5-13(15)9(2)6-10/h4-6,11-12H,3,7-8H2,1-2H3,(H,16,17). The van der Waals surface area contributed by atoms with Crippen LogP contribution in [0.2, 0.25) is 0 Å². The Morgan fingerprint density at radius 3 is 2.83 bits per heavy atom. The molecule has 0 bridgehead atoms. The minimum Gasteiger partial charge on any atom is -0.378 e. The van der Waals surface area contributed by atoms with Gasteiger partial charge in [-0.3, -0.25) is 4.79 Å². The summed E-state index contributed by atoms with van der Waals surface area (Å²) < 4.78 is 6.50. The first-order valence-electron chi connectivity index (χ1n) is 6.28. The van der Waals surface area contributed by atoms with Gasteiger partial charge < -0.3 is 10.1 Å². The van der Waals surface area contributed by atoms with Crippen LogP contribution in [0.1, 0.15) is 35.7 Å². The summed E-state index contributed by atoms with van der Waals surface area (Å²) >= 11 is 3.43. The van der Waals surface area contributed by atoms with Crippen molar-refractivity contribution in [3.63, 3.8) is 0 Å². The first kappa shape index (κ1) is 13.6. The van der Waals surface area contributed by atoms with E-state index in [0.29, 0.717) is 6.10 Å². The van der Waals surface area contributed by atoms with E-state index in [1.165, 1.54) is 0 Å². The zero-order valence-electron chi connectivity index (χ0n) is 10.7. The Balaban J connectivity index is 1.87. The molecule has 1 aliphatic carbocycles. The van der Waals surface area contributed by atoms with Gasteiger partial charge in [-0.25, -0.2) is 0 Å². The lowest BCUT2D eigenvalue weighted by molar-refractivity contribution is -0.00862. The van der Waals surface area contributed by atoms with Crippen molar-refractivity contribution in [2.24, 2.45) is 0 Å². The van der Waals surface area contributed by atoms with Crippen LogP contribution in [0.3, 0.4) is 0 Å². The number of halogens is 1. The highest BCUT2D eigenvalue weighted by atomic mass is 79.9. The zero-order chi connectivity index (χ0) is 13.1. The van der Waals surface area contributed by atoms with Gasteiger partial charge in [0.15, 0.2) is 0 Å². The molecule has 0 atom stereocenters. The normalized spacial score (nSPS) is 22.4. The smallest absolute Gasteiger partial charge is 0.251 e. The monoisotopic (exact) mass is 311 g/mol. The van der Waals surface area contributed by atoms with Crippen molar-refractivity contribution in [3.8, 4) is 0 Å². The lowest BCUT2D eigenvalue weighted by Crippen LogP contribution is -2.47. The van der Waals surface area contributed by atoms with Crippen LogP contribution in [0.25, 0.3) is 0 Å². The molecule has 2 rings (SSSR count). The van der Waals surface area contributed by atoms with E-state index in [-0.39, 0.29) is 11.9 Å². The molecule has 1 amide bonds. The highest BCUT2D eigenvalue weighted by Crippen LogP contribution is 2.24. The number of hydrogen-bond acceptors (Lipinski definition) is 2. The van der Waals surface area contributed by atoms with E-state index in [1.54, 1.807) is 0 Å². The summed E-state index contributed by atoms with van der Waals surface area (Å²) in [6, 6.07) is 5.91. The fourth-order valence-electron chi connectivity index (χ4n) is 2.11. The molecule has 1 aromatic carbocycles. The Bertz CT molecular complexity index is 441. The predicted octanol–water partition coefficient (Wildman–Crippen LogP) is 3.05. The summed E-state index contributed by atoms with van der Waals surface area (Å²) in [4.78, 5) is 12.0. The molecule has 98 valence electrons. The van der Waals surface area contributed by atoms with E-state index in [0.717, 1.165) is 35.0 Å². The second kappa shape index (κ2) is 5.85. The Labute approximate surface area is 116 Å². The van der Waals surface area contributed by atoms with E-state index >= 15 is 0 Å². The lowest BCUT2D eigenvalue weighted by atomic mass is 9.89. The van der Waals surface area contributed by atoms with Crippen LogP contribution in [0.4, 0.5) is 0 Å². The Morgan fingerprint density at radius 2 is 2.22 bits per heavy atom. The fourth-order valence-corrected chi connectivity index (χ4v) is 2.36. The molecular weight excluding hydrogens is 294 g/mol. The van der Waals surface area contributed by atoms with Gasteiger partial charge in [-0.1, -0.05) is 15.9 Å². The SMILES string of the molecule is CCOC1CC(NC(=O)c2ccc(Br)c(C)c2)C1. The highest BCUT2D eigenvalue weighted by Gasteiger charge is 2.30. The van der Waals surface area contributed by atoms with Crippen molar-refractivity contribution >= 4 is 21.8 Å². The van der Waals surface area contributed by atoms with Crippen molar-refractivity contribution < 1.29 is 9.53 Å². The van der Waals surface area contributed by atoms with Gasteiger partial charge in [-0.2, -0.15) is 0 Å². The summed E-state index contributed by atoms with van der Waals surface area (Å²) in [5, 5.41) is 3.03. The van der Waals surface area contributed by atoms with Gasteiger partial charge in [0.2, 0.25) is 0 Å². The molecule has 1 aromatic rings. The van der Waals surface area contributed by atoms with Crippen molar-refractivity contribution in [3.05, 3.63) is 33.8 Å². The fraction of sp³-hybridized carbons (Fsp3) is 0.500. The molecule has 0 unspecified atom stereocenters. The molecule has 0 radical (unpaired) electrons. The van der Waals surface area contributed by atoms with Crippen molar-refractivity contribution in [2.75, 3.05) is 6.61 Å². The van der Waals surface area contributed by atoms with Gasteiger partial charge in [0.05, 0.1) is 6.10 Å². The van der Waals surface area contributed by atoms with Crippen LogP contribution in [0, 0.1) is 6.92 Å². The lowest BCUT2D eigenvalue weighted by Gasteiger charge is -2.35. The number of carbonyl (C=O) groups is 1. The van der Waals surface area contributed by atoms with Gasteiger partial charge in [-0.05, 0) is 50.5 Å². The number of nitrogens with one attached hydrogen (secondary N) is 1. The number of carbonyl (C=O) groups excluding carboxylic acids is 1. The highest BCUT2D eigenvalue weighted by molar-refractivity contribution is 9.10. The number of aryl methyl sites for hydroxylation is 1. The van der Waals surface area contributed by atoms with Crippen molar-refractivity contribution in [1.29, 1.82) is 0 Å². The third kappa shape index (κ3) is 3.12. The minimum absolute atomic E-state index is 0.00514. The maximum atomic E-state index is 12.0. The van der Waals surface area contributed by atoms with E-state index < -0.39 is 0 Å². The average molecular weight is 312 g/mol. The van der Waals surface area contributed by atoms with Crippen LogP contribution < -0.4 is 5.32 Å². The average Bonchev–Trinajstić information content (AvgIpc) is 2.30. The third-order valence-corrected chi connectivity index (χ3v) is 4.14. The third-order valence-electron chi connectivity index (χ3n) is 3.25. The zero-order valence-corrected chi connectivity index (χ0v) is 12.3. The first-order valence-corrected chi connectivity index (χ1v) is 7.08. The molecule has 1 fully saturated rings. The largest absolute Gasteiger partial charge is 0.378 e. The molecule has 0 saturated heterocycles. The van der Waals surface area contributed by atoms with E-state index in [9.17, 15) is 4.79 Å². The molecule has 18 heavy (non-hydrogen) atoms. The van der Waals surface area contributed by atoms with E-state index in [4.69, 9.17) is 4.74 Å². The first-order chi connectivity index (χ1) is 8.60. The second-order valence-corrected chi connectivity index (χ2v) is 5.54. The van der Waals surface area contributed by atoms with Gasteiger partial charge in [-0.15, -0.1) is 0 Å². The van der Waals surface area contributed by atoms with E-state index in [2.05, 4.69) is 21.2 Å². The number of benzene rings is 1. The van der Waals surface area contributed by atoms with Crippen LogP contribution in [-0.2, 0) is 4.74 Å². The Hall–Kier alpha value is -0.870. The second-order valence-electron chi connectivity index (χ2n) is 4.68. The molecule has 4 heteroatoms. The molecule has 0 aromatic heterocycles. The van der Waals surface area contributed by atoms with Gasteiger partial charge >= 0.3 is 0 Å². The maximum absolute atomic E-state index is 12.0. The molecule has 3 nitrogen and oxygen atoms in total. The summed E-state index contributed by atoms with van der Waals surface area (Å²) in [6.07, 6.45) is 2.18. The van der Waals surface area contributed by atoms with Crippen LogP contribution >= 0.6 is 15.9 Å². The quantitative estimate of drug-likeness (QED) is 0.928. The predicted molar refractivity (Wildman–Crippen MR) is 74.8 cm³/mol. The van der Waals surface area contributed by atoms with Crippen LogP contribution in [0.5, 0.6) is 0 Å². The molecule has 0 spiro atoms. The Kier molecular flexibility index (Phi) is 4.40. The summed E-state index contributed by atoms with van der Waals surface area (Å²) in [7, 11) is 0. The molecule has 0 heterocycles. The maximum Gasteiger partial charge on any atom is 0.251 e. The van der Waals surface area contributed by atoms with Crippen molar-refractivity contribution in [2.45, 2.75) is 38.8 Å². The molecule has 0 aliphatic heterocycles. The van der Waals surface area contributed by atoms with E-state index in [1.807, 2.05) is 32.0 Å². The molecule has 1 N–H and O–H groups in total. The number of ether oxygens (including phenoxy) is 1. The topological polar surface area (TPSA) is 38.3 Å². The van der Waals surface area contributed by atoms with Gasteiger partial charge in [0.1, 0.15) is 0 Å². The summed E-state index contributed by atoms with van der Waals surface area (Å²) in [5.41, 5.74) is 1.79. The van der Waals surface area contributed by atoms with Crippen LogP contribution in [0.15, 0.2) is 22.7 Å². The summed E-state index contributed by atoms with van der Waals surface area (Å²) in [5.74, 6) is 0.00514. The number of rotatable bonds is 4. The number of hydrogen-bond donors (Lipinski definition) is 1. The molecule has 1 saturated carbocycles. The minimum atomic E-state index is 0.00514. The van der Waals surface area contributed by atoms with Gasteiger partial charge in [0.25, 0.3) is 5.91 Å². The molecular formula is C14H18BrNO2. The molecule has 1 aliphatic rings. The summed E-state index contributed by atoms with van der Waals surface area (Å²) in [6.45, 7) is 4.73. The van der Waals surface area contributed by atoms with Crippen molar-refractivity contribution in [1.82, 2.24) is 5.32 Å².